The molecule has 0 aromatic carbocycles. The van der Waals surface area contributed by atoms with Crippen LogP contribution in [0.15, 0.2) is 0 Å². The average molecular weight is 272 g/mol. The first-order chi connectivity index (χ1) is 8.65. The lowest BCUT2D eigenvalue weighted by Crippen LogP contribution is -2.51. The van der Waals surface area contributed by atoms with E-state index in [0.717, 1.165) is 6.92 Å². The van der Waals surface area contributed by atoms with Gasteiger partial charge in [-0.15, -0.1) is 0 Å². The average Bonchev–Trinajstić information content (AvgIpc) is 2.22. The van der Waals surface area contributed by atoms with Crippen molar-refractivity contribution < 1.29 is 19.1 Å². The van der Waals surface area contributed by atoms with Crippen LogP contribution in [0.1, 0.15) is 41.0 Å². The minimum absolute atomic E-state index is 0.193. The molecule has 0 aliphatic carbocycles. The molecular weight excluding hydrogens is 248 g/mol. The molecule has 0 bridgehead atoms. The molecule has 0 heterocycles. The van der Waals surface area contributed by atoms with Crippen molar-refractivity contribution >= 4 is 17.8 Å². The zero-order chi connectivity index (χ0) is 15.2. The molecule has 0 aromatic rings. The largest absolute Gasteiger partial charge is 0.392 e. The van der Waals surface area contributed by atoms with E-state index in [2.05, 4.69) is 10.1 Å². The Labute approximate surface area is 114 Å². The van der Waals surface area contributed by atoms with Crippen molar-refractivity contribution in [3.05, 3.63) is 0 Å². The number of nitrogens with one attached hydrogen (secondary N) is 1. The summed E-state index contributed by atoms with van der Waals surface area (Å²) in [4.78, 5) is 34.3. The van der Waals surface area contributed by atoms with E-state index in [9.17, 15) is 14.4 Å². The van der Waals surface area contributed by atoms with E-state index in [4.69, 9.17) is 5.73 Å². The lowest BCUT2D eigenvalue weighted by Gasteiger charge is -2.22. The van der Waals surface area contributed by atoms with Crippen LogP contribution in [0.25, 0.3) is 0 Å². The lowest BCUT2D eigenvalue weighted by atomic mass is 10.0. The fourth-order valence-corrected chi connectivity index (χ4v) is 1.58. The summed E-state index contributed by atoms with van der Waals surface area (Å²) in [6, 6.07) is -1.54. The van der Waals surface area contributed by atoms with E-state index in [1.165, 1.54) is 0 Å². The summed E-state index contributed by atoms with van der Waals surface area (Å²) in [6.07, 6.45) is 0.526. The van der Waals surface area contributed by atoms with E-state index in [0.29, 0.717) is 6.42 Å². The monoisotopic (exact) mass is 272 g/mol. The summed E-state index contributed by atoms with van der Waals surface area (Å²) in [7, 11) is 0. The van der Waals surface area contributed by atoms with E-state index in [1.807, 2.05) is 13.8 Å². The summed E-state index contributed by atoms with van der Waals surface area (Å²) in [5.74, 6) is -1.78. The molecule has 110 valence electrons. The Morgan fingerprint density at radius 2 is 1.68 bits per heavy atom. The second-order valence-corrected chi connectivity index (χ2v) is 5.38. The van der Waals surface area contributed by atoms with Crippen molar-refractivity contribution in [2.24, 2.45) is 17.6 Å². The second-order valence-electron chi connectivity index (χ2n) is 5.38. The van der Waals surface area contributed by atoms with Crippen LogP contribution in [-0.2, 0) is 19.1 Å². The molecule has 0 unspecified atom stereocenters. The zero-order valence-corrected chi connectivity index (χ0v) is 12.2. The molecule has 0 aromatic heterocycles. The molecular formula is C13H24N2O4. The maximum Gasteiger partial charge on any atom is 0.336 e. The summed E-state index contributed by atoms with van der Waals surface area (Å²) in [6.45, 7) is 8.55. The molecule has 19 heavy (non-hydrogen) atoms. The van der Waals surface area contributed by atoms with Gasteiger partial charge in [0.05, 0.1) is 6.04 Å². The number of carbonyl (C=O) groups excluding carboxylic acids is 3. The number of hydrogen-bond acceptors (Lipinski definition) is 5. The van der Waals surface area contributed by atoms with Crippen LogP contribution in [0.4, 0.5) is 0 Å². The number of ether oxygens (including phenoxy) is 1. The van der Waals surface area contributed by atoms with Gasteiger partial charge in [0.1, 0.15) is 6.04 Å². The maximum atomic E-state index is 11.9. The van der Waals surface area contributed by atoms with Gasteiger partial charge in [-0.1, -0.05) is 27.7 Å². The van der Waals surface area contributed by atoms with Crippen LogP contribution in [0.2, 0.25) is 0 Å². The van der Waals surface area contributed by atoms with Crippen LogP contribution in [0, 0.1) is 11.8 Å². The molecule has 0 aliphatic rings. The molecule has 0 spiro atoms. The normalized spacial score (nSPS) is 14.1. The Hall–Kier alpha value is -1.43. The van der Waals surface area contributed by atoms with Gasteiger partial charge in [-0.2, -0.15) is 0 Å². The molecule has 1 amide bonds. The fourth-order valence-electron chi connectivity index (χ4n) is 1.58. The van der Waals surface area contributed by atoms with Crippen molar-refractivity contribution in [2.45, 2.75) is 53.1 Å². The topological polar surface area (TPSA) is 98.5 Å². The molecule has 0 saturated carbocycles. The Bertz CT molecular complexity index is 340. The van der Waals surface area contributed by atoms with Crippen LogP contribution in [-0.4, -0.2) is 29.9 Å². The minimum atomic E-state index is -0.866. The van der Waals surface area contributed by atoms with Gasteiger partial charge >= 0.3 is 11.9 Å². The first kappa shape index (κ1) is 17.6. The quantitative estimate of drug-likeness (QED) is 0.544. The van der Waals surface area contributed by atoms with E-state index in [1.54, 1.807) is 13.8 Å². The highest BCUT2D eigenvalue weighted by molar-refractivity contribution is 5.91. The third-order valence-corrected chi connectivity index (χ3v) is 2.52. The number of hydrogen-bond donors (Lipinski definition) is 2. The summed E-state index contributed by atoms with van der Waals surface area (Å²) < 4.78 is 4.50. The van der Waals surface area contributed by atoms with Crippen LogP contribution < -0.4 is 11.1 Å². The van der Waals surface area contributed by atoms with Gasteiger partial charge in [0, 0.05) is 6.92 Å². The molecule has 0 saturated heterocycles. The van der Waals surface area contributed by atoms with Gasteiger partial charge in [0.25, 0.3) is 0 Å². The van der Waals surface area contributed by atoms with E-state index >= 15 is 0 Å². The van der Waals surface area contributed by atoms with Crippen molar-refractivity contribution in [3.63, 3.8) is 0 Å². The van der Waals surface area contributed by atoms with Crippen LogP contribution in [0.3, 0.4) is 0 Å². The van der Waals surface area contributed by atoms with Gasteiger partial charge in [0.15, 0.2) is 0 Å². The molecule has 0 rings (SSSR count). The standard InChI is InChI=1S/C13H24N2O4/c1-7(2)6-10(14)12(17)15-11(8(3)4)13(18)19-9(5)16/h7-8,10-11H,6,14H2,1-5H3,(H,15,17)/t10-,11-/m0/s1. The third-order valence-electron chi connectivity index (χ3n) is 2.52. The molecule has 6 heteroatoms. The molecule has 0 aliphatic heterocycles. The highest BCUT2D eigenvalue weighted by Crippen LogP contribution is 2.07. The first-order valence-corrected chi connectivity index (χ1v) is 6.43. The SMILES string of the molecule is CC(=O)OC(=O)[C@@H](NC(=O)[C@@H](N)CC(C)C)C(C)C. The zero-order valence-electron chi connectivity index (χ0n) is 12.2. The van der Waals surface area contributed by atoms with E-state index in [-0.39, 0.29) is 11.8 Å². The number of rotatable bonds is 6. The Kier molecular flexibility index (Phi) is 7.29. The molecule has 3 N–H and O–H groups in total. The smallest absolute Gasteiger partial charge is 0.336 e. The van der Waals surface area contributed by atoms with Crippen molar-refractivity contribution in [2.75, 3.05) is 0 Å². The summed E-state index contributed by atoms with van der Waals surface area (Å²) >= 11 is 0. The Morgan fingerprint density at radius 1 is 1.16 bits per heavy atom. The minimum Gasteiger partial charge on any atom is -0.392 e. The molecule has 6 nitrogen and oxygen atoms in total. The first-order valence-electron chi connectivity index (χ1n) is 6.43. The predicted octanol–water partition coefficient (Wildman–Crippen LogP) is 0.590. The number of carbonyl (C=O) groups is 3. The van der Waals surface area contributed by atoms with E-state index < -0.39 is 29.9 Å². The molecule has 0 radical (unpaired) electrons. The van der Waals surface area contributed by atoms with Crippen LogP contribution >= 0.6 is 0 Å². The van der Waals surface area contributed by atoms with Gasteiger partial charge in [-0.25, -0.2) is 4.79 Å². The van der Waals surface area contributed by atoms with Crippen LogP contribution in [0.5, 0.6) is 0 Å². The van der Waals surface area contributed by atoms with Gasteiger partial charge < -0.3 is 15.8 Å². The van der Waals surface area contributed by atoms with Crippen molar-refractivity contribution in [1.29, 1.82) is 0 Å². The maximum absolute atomic E-state index is 11.9. The number of amides is 1. The van der Waals surface area contributed by atoms with Crippen molar-refractivity contribution in [1.82, 2.24) is 5.32 Å². The number of esters is 2. The Morgan fingerprint density at radius 3 is 2.05 bits per heavy atom. The summed E-state index contributed by atoms with van der Waals surface area (Å²) in [5.41, 5.74) is 5.74. The van der Waals surface area contributed by atoms with Gasteiger partial charge in [-0.05, 0) is 18.3 Å². The van der Waals surface area contributed by atoms with Gasteiger partial charge in [0.2, 0.25) is 5.91 Å². The Balaban J connectivity index is 4.62. The van der Waals surface area contributed by atoms with Gasteiger partial charge in [-0.3, -0.25) is 9.59 Å². The third kappa shape index (κ3) is 6.91. The molecule has 2 atom stereocenters. The fraction of sp³-hybridized carbons (Fsp3) is 0.769. The highest BCUT2D eigenvalue weighted by Gasteiger charge is 2.28. The highest BCUT2D eigenvalue weighted by atomic mass is 16.6. The predicted molar refractivity (Wildman–Crippen MR) is 71.0 cm³/mol. The summed E-state index contributed by atoms with van der Waals surface area (Å²) in [5, 5.41) is 2.54. The number of nitrogens with two attached hydrogens (primary N) is 1. The second kappa shape index (κ2) is 7.89. The lowest BCUT2D eigenvalue weighted by molar-refractivity contribution is -0.161. The van der Waals surface area contributed by atoms with Crippen molar-refractivity contribution in [3.8, 4) is 0 Å². The molecule has 0 fully saturated rings.